The van der Waals surface area contributed by atoms with Crippen LogP contribution < -0.4 is 10.1 Å². The van der Waals surface area contributed by atoms with Crippen LogP contribution in [0.15, 0.2) is 40.8 Å². The van der Waals surface area contributed by atoms with E-state index in [4.69, 9.17) is 9.15 Å². The minimum absolute atomic E-state index is 0.166. The van der Waals surface area contributed by atoms with E-state index >= 15 is 0 Å². The van der Waals surface area contributed by atoms with Gasteiger partial charge in [-0.1, -0.05) is 6.07 Å². The molecule has 1 aromatic carbocycles. The second kappa shape index (κ2) is 6.28. The van der Waals surface area contributed by atoms with Gasteiger partial charge in [0.05, 0.1) is 0 Å². The summed E-state index contributed by atoms with van der Waals surface area (Å²) in [5.74, 6) is 0.630. The van der Waals surface area contributed by atoms with Crippen LogP contribution in [0.3, 0.4) is 0 Å². The molecule has 2 aromatic rings. The number of nitrogens with one attached hydrogen (secondary N) is 1. The van der Waals surface area contributed by atoms with Gasteiger partial charge in [-0.2, -0.15) is 0 Å². The summed E-state index contributed by atoms with van der Waals surface area (Å²) < 4.78 is 24.0. The molecular weight excluding hydrogens is 311 g/mol. The Morgan fingerprint density at radius 1 is 1.25 bits per heavy atom. The SMILES string of the molecule is O=C(N[C@H]1CN2CCC1CC2)c1ccc(Oc2cccc(F)c2)o1. The Hall–Kier alpha value is -2.34. The highest BCUT2D eigenvalue weighted by Gasteiger charge is 2.35. The smallest absolute Gasteiger partial charge is 0.290 e. The zero-order chi connectivity index (χ0) is 16.5. The van der Waals surface area contributed by atoms with Crippen molar-refractivity contribution < 1.29 is 18.3 Å². The van der Waals surface area contributed by atoms with E-state index in [1.165, 1.54) is 12.1 Å². The van der Waals surface area contributed by atoms with Gasteiger partial charge in [-0.15, -0.1) is 0 Å². The van der Waals surface area contributed by atoms with Gasteiger partial charge in [0.2, 0.25) is 0 Å². The van der Waals surface area contributed by atoms with Crippen molar-refractivity contribution in [2.45, 2.75) is 18.9 Å². The van der Waals surface area contributed by atoms with Crippen LogP contribution in [-0.2, 0) is 0 Å². The molecule has 1 amide bonds. The minimum atomic E-state index is -0.389. The van der Waals surface area contributed by atoms with Crippen molar-refractivity contribution >= 4 is 5.91 Å². The van der Waals surface area contributed by atoms with E-state index in [-0.39, 0.29) is 29.5 Å². The van der Waals surface area contributed by atoms with Crippen molar-refractivity contribution in [3.8, 4) is 11.7 Å². The van der Waals surface area contributed by atoms with Crippen molar-refractivity contribution in [1.82, 2.24) is 10.2 Å². The maximum absolute atomic E-state index is 13.2. The Balaban J connectivity index is 1.40. The molecule has 3 saturated heterocycles. The van der Waals surface area contributed by atoms with E-state index in [2.05, 4.69) is 10.2 Å². The molecule has 3 aliphatic heterocycles. The van der Waals surface area contributed by atoms with Crippen molar-refractivity contribution in [2.75, 3.05) is 19.6 Å². The first-order valence-corrected chi connectivity index (χ1v) is 8.24. The predicted octanol–water partition coefficient (Wildman–Crippen LogP) is 3.04. The van der Waals surface area contributed by atoms with E-state index in [9.17, 15) is 9.18 Å². The molecular formula is C18H19FN2O3. The highest BCUT2D eigenvalue weighted by atomic mass is 19.1. The third-order valence-corrected chi connectivity index (χ3v) is 4.79. The lowest BCUT2D eigenvalue weighted by atomic mass is 9.84. The summed E-state index contributed by atoms with van der Waals surface area (Å²) in [6.45, 7) is 3.16. The number of carbonyl (C=O) groups is 1. The second-order valence-electron chi connectivity index (χ2n) is 6.40. The number of amides is 1. The molecule has 3 aliphatic rings. The first kappa shape index (κ1) is 15.2. The summed E-state index contributed by atoms with van der Waals surface area (Å²) in [5.41, 5.74) is 0. The second-order valence-corrected chi connectivity index (χ2v) is 6.40. The summed E-state index contributed by atoms with van der Waals surface area (Å²) in [5, 5.41) is 3.06. The van der Waals surface area contributed by atoms with Gasteiger partial charge in [0, 0.05) is 24.7 Å². The monoisotopic (exact) mass is 330 g/mol. The molecule has 1 aromatic heterocycles. The number of hydrogen-bond donors (Lipinski definition) is 1. The average Bonchev–Trinajstić information content (AvgIpc) is 3.05. The molecule has 0 saturated carbocycles. The summed E-state index contributed by atoms with van der Waals surface area (Å²) in [6, 6.07) is 9.09. The maximum Gasteiger partial charge on any atom is 0.290 e. The van der Waals surface area contributed by atoms with Crippen molar-refractivity contribution in [3.63, 3.8) is 0 Å². The first-order chi connectivity index (χ1) is 11.7. The van der Waals surface area contributed by atoms with Crippen LogP contribution in [0.5, 0.6) is 11.7 Å². The van der Waals surface area contributed by atoms with Gasteiger partial charge in [0.15, 0.2) is 5.76 Å². The molecule has 0 radical (unpaired) electrons. The van der Waals surface area contributed by atoms with Crippen LogP contribution in [0.4, 0.5) is 4.39 Å². The van der Waals surface area contributed by atoms with Crippen LogP contribution in [0, 0.1) is 11.7 Å². The van der Waals surface area contributed by atoms with E-state index in [0.29, 0.717) is 11.7 Å². The molecule has 5 nitrogen and oxygen atoms in total. The Morgan fingerprint density at radius 3 is 2.79 bits per heavy atom. The van der Waals surface area contributed by atoms with Gasteiger partial charge in [-0.3, -0.25) is 4.79 Å². The maximum atomic E-state index is 13.2. The van der Waals surface area contributed by atoms with Gasteiger partial charge in [0.1, 0.15) is 11.6 Å². The quantitative estimate of drug-likeness (QED) is 0.936. The van der Waals surface area contributed by atoms with Crippen LogP contribution in [0.2, 0.25) is 0 Å². The molecule has 2 bridgehead atoms. The molecule has 0 unspecified atom stereocenters. The van der Waals surface area contributed by atoms with Crippen LogP contribution in [0.1, 0.15) is 23.4 Å². The molecule has 6 heteroatoms. The van der Waals surface area contributed by atoms with Gasteiger partial charge in [-0.05, 0) is 50.0 Å². The normalized spacial score (nSPS) is 25.5. The van der Waals surface area contributed by atoms with E-state index in [1.54, 1.807) is 24.3 Å². The largest absolute Gasteiger partial charge is 0.426 e. The Morgan fingerprint density at radius 2 is 2.08 bits per heavy atom. The third kappa shape index (κ3) is 3.14. The lowest BCUT2D eigenvalue weighted by molar-refractivity contribution is 0.0603. The fourth-order valence-electron chi connectivity index (χ4n) is 3.51. The van der Waals surface area contributed by atoms with E-state index < -0.39 is 0 Å². The molecule has 1 atom stereocenters. The van der Waals surface area contributed by atoms with Gasteiger partial charge >= 0.3 is 0 Å². The number of fused-ring (bicyclic) bond motifs is 3. The topological polar surface area (TPSA) is 54.7 Å². The van der Waals surface area contributed by atoms with Gasteiger partial charge < -0.3 is 19.4 Å². The predicted molar refractivity (Wildman–Crippen MR) is 85.6 cm³/mol. The zero-order valence-corrected chi connectivity index (χ0v) is 13.2. The number of piperidine rings is 3. The van der Waals surface area contributed by atoms with Crippen LogP contribution in [0.25, 0.3) is 0 Å². The number of furan rings is 1. The highest BCUT2D eigenvalue weighted by Crippen LogP contribution is 2.28. The lowest BCUT2D eigenvalue weighted by Crippen LogP contribution is -2.57. The summed E-state index contributed by atoms with van der Waals surface area (Å²) >= 11 is 0. The summed E-state index contributed by atoms with van der Waals surface area (Å²) in [4.78, 5) is 14.8. The van der Waals surface area contributed by atoms with Crippen molar-refractivity contribution in [2.24, 2.45) is 5.92 Å². The summed E-state index contributed by atoms with van der Waals surface area (Å²) in [6.07, 6.45) is 2.27. The van der Waals surface area contributed by atoms with Gasteiger partial charge in [-0.25, -0.2) is 4.39 Å². The zero-order valence-electron chi connectivity index (χ0n) is 13.2. The molecule has 1 N–H and O–H groups in total. The molecule has 0 aliphatic carbocycles. The number of hydrogen-bond acceptors (Lipinski definition) is 4. The standard InChI is InChI=1S/C18H19FN2O3/c19-13-2-1-3-14(10-13)23-17-5-4-16(24-17)18(22)20-15-11-21-8-6-12(15)7-9-21/h1-5,10,12,15H,6-9,11H2,(H,20,22)/t15-/m0/s1. The fraction of sp³-hybridized carbons (Fsp3) is 0.389. The number of halogens is 1. The van der Waals surface area contributed by atoms with E-state index in [0.717, 1.165) is 32.5 Å². The number of ether oxygens (including phenoxy) is 1. The van der Waals surface area contributed by atoms with Crippen LogP contribution in [-0.4, -0.2) is 36.5 Å². The van der Waals surface area contributed by atoms with Crippen LogP contribution >= 0.6 is 0 Å². The minimum Gasteiger partial charge on any atom is -0.426 e. The van der Waals surface area contributed by atoms with Crippen molar-refractivity contribution in [3.05, 3.63) is 48.0 Å². The molecule has 3 fully saturated rings. The number of benzene rings is 1. The Kier molecular flexibility index (Phi) is 3.98. The number of carbonyl (C=O) groups excluding carboxylic acids is 1. The van der Waals surface area contributed by atoms with E-state index in [1.807, 2.05) is 0 Å². The summed E-state index contributed by atoms with van der Waals surface area (Å²) in [7, 11) is 0. The highest BCUT2D eigenvalue weighted by molar-refractivity contribution is 5.91. The molecule has 0 spiro atoms. The molecule has 5 rings (SSSR count). The Bertz CT molecular complexity index is 737. The number of rotatable bonds is 4. The van der Waals surface area contributed by atoms with Crippen molar-refractivity contribution in [1.29, 1.82) is 0 Å². The average molecular weight is 330 g/mol. The molecule has 4 heterocycles. The molecule has 24 heavy (non-hydrogen) atoms. The lowest BCUT2D eigenvalue weighted by Gasteiger charge is -2.44. The fourth-order valence-corrected chi connectivity index (χ4v) is 3.51. The number of nitrogens with zero attached hydrogens (tertiary/aromatic N) is 1. The third-order valence-electron chi connectivity index (χ3n) is 4.79. The first-order valence-electron chi connectivity index (χ1n) is 8.24. The Labute approximate surface area is 139 Å². The van der Waals surface area contributed by atoms with Gasteiger partial charge in [0.25, 0.3) is 11.9 Å². The molecule has 126 valence electrons.